The first-order valence-electron chi connectivity index (χ1n) is 10.4. The normalized spacial score (nSPS) is 13.1. The van der Waals surface area contributed by atoms with Gasteiger partial charge in [0.15, 0.2) is 5.03 Å². The summed E-state index contributed by atoms with van der Waals surface area (Å²) in [5.74, 6) is 0. The summed E-state index contributed by atoms with van der Waals surface area (Å²) in [6, 6.07) is 14.5. The van der Waals surface area contributed by atoms with Crippen molar-refractivity contribution in [1.82, 2.24) is 4.98 Å². The smallest absolute Gasteiger partial charge is 0.444 e. The maximum Gasteiger partial charge on any atom is 0.491 e. The second-order valence-corrected chi connectivity index (χ2v) is 11.2. The Morgan fingerprint density at radius 1 is 1.08 bits per heavy atom. The van der Waals surface area contributed by atoms with E-state index < -0.39 is 44.0 Å². The zero-order valence-corrected chi connectivity index (χ0v) is 20.5. The van der Waals surface area contributed by atoms with Crippen molar-refractivity contribution >= 4 is 55.8 Å². The summed E-state index contributed by atoms with van der Waals surface area (Å²) in [5, 5.41) is 11.6. The van der Waals surface area contributed by atoms with E-state index in [2.05, 4.69) is 19.7 Å². The van der Waals surface area contributed by atoms with Gasteiger partial charge >= 0.3 is 13.2 Å². The molecule has 0 bridgehead atoms. The number of rotatable bonds is 8. The Kier molecular flexibility index (Phi) is 7.17. The van der Waals surface area contributed by atoms with Crippen LogP contribution < -0.4 is 20.2 Å². The zero-order valence-electron chi connectivity index (χ0n) is 18.8. The number of sulfonamides is 2. The van der Waals surface area contributed by atoms with Crippen LogP contribution >= 0.6 is 0 Å². The Labute approximate surface area is 207 Å². The molecule has 15 heteroatoms. The van der Waals surface area contributed by atoms with E-state index in [-0.39, 0.29) is 24.6 Å². The monoisotopic (exact) mass is 532 g/mol. The maximum atomic E-state index is 13.1. The van der Waals surface area contributed by atoms with Crippen LogP contribution in [0.3, 0.4) is 0 Å². The van der Waals surface area contributed by atoms with Crippen LogP contribution in [0.15, 0.2) is 65.8 Å². The van der Waals surface area contributed by atoms with E-state index in [1.807, 2.05) is 6.07 Å². The summed E-state index contributed by atoms with van der Waals surface area (Å²) in [7, 11) is -9.50. The number of anilines is 3. The standard InChI is InChI=1S/C21H21BN4O8S2/c1-35(29,30)26-19-10-17(24-21(27)33-12-14-5-3-2-4-6-14)11-23-20(19)36(31,32)25-16-8-7-15-13-34-22(28)18(15)9-16/h2-11,25-26,28H,12-13H2,1H3,(H,24,27). The van der Waals surface area contributed by atoms with Gasteiger partial charge in [-0.25, -0.2) is 18.2 Å². The van der Waals surface area contributed by atoms with E-state index >= 15 is 0 Å². The van der Waals surface area contributed by atoms with Gasteiger partial charge in [-0.15, -0.1) is 0 Å². The Morgan fingerprint density at radius 2 is 1.83 bits per heavy atom. The van der Waals surface area contributed by atoms with Crippen LogP contribution in [0, 0.1) is 0 Å². The third kappa shape index (κ3) is 6.31. The molecule has 36 heavy (non-hydrogen) atoms. The number of nitrogens with one attached hydrogen (secondary N) is 3. The van der Waals surface area contributed by atoms with E-state index in [0.717, 1.165) is 24.1 Å². The van der Waals surface area contributed by atoms with Crippen molar-refractivity contribution in [3.63, 3.8) is 0 Å². The zero-order chi connectivity index (χ0) is 25.9. The average Bonchev–Trinajstić information content (AvgIpc) is 3.17. The van der Waals surface area contributed by atoms with Gasteiger partial charge in [0.25, 0.3) is 10.0 Å². The number of carbonyl (C=O) groups is 1. The molecular formula is C21H21BN4O8S2. The highest BCUT2D eigenvalue weighted by molar-refractivity contribution is 7.93. The van der Waals surface area contributed by atoms with Crippen molar-refractivity contribution in [3.05, 3.63) is 71.9 Å². The number of fused-ring (bicyclic) bond motifs is 1. The Morgan fingerprint density at radius 3 is 2.56 bits per heavy atom. The van der Waals surface area contributed by atoms with Crippen molar-refractivity contribution in [3.8, 4) is 0 Å². The van der Waals surface area contributed by atoms with Gasteiger partial charge in [0, 0.05) is 5.69 Å². The number of benzene rings is 2. The molecule has 1 aliphatic heterocycles. The number of hydrogen-bond donors (Lipinski definition) is 4. The summed E-state index contributed by atoms with van der Waals surface area (Å²) in [6.07, 6.45) is 1.04. The number of pyridine rings is 1. The van der Waals surface area contributed by atoms with Gasteiger partial charge in [-0.1, -0.05) is 36.4 Å². The number of carbonyl (C=O) groups excluding carboxylic acids is 1. The largest absolute Gasteiger partial charge is 0.491 e. The molecule has 0 radical (unpaired) electrons. The lowest BCUT2D eigenvalue weighted by Crippen LogP contribution is -2.28. The Bertz CT molecular complexity index is 1500. The first kappa shape index (κ1) is 25.4. The fourth-order valence-corrected chi connectivity index (χ4v) is 5.11. The van der Waals surface area contributed by atoms with Gasteiger partial charge in [0.1, 0.15) is 6.61 Å². The molecule has 2 heterocycles. The lowest BCUT2D eigenvalue weighted by Gasteiger charge is -2.14. The molecule has 4 rings (SSSR count). The third-order valence-corrected chi connectivity index (χ3v) is 6.85. The van der Waals surface area contributed by atoms with E-state index in [4.69, 9.17) is 9.39 Å². The SMILES string of the molecule is CS(=O)(=O)Nc1cc(NC(=O)OCc2ccccc2)cnc1S(=O)(=O)Nc1ccc2c(c1)B(O)OC2. The number of hydrogen-bond acceptors (Lipinski definition) is 9. The molecular weight excluding hydrogens is 511 g/mol. The quantitative estimate of drug-likeness (QED) is 0.311. The van der Waals surface area contributed by atoms with Crippen LogP contribution in [0.1, 0.15) is 11.1 Å². The van der Waals surface area contributed by atoms with Crippen molar-refractivity contribution in [2.45, 2.75) is 18.2 Å². The van der Waals surface area contributed by atoms with Crippen molar-refractivity contribution in [2.75, 3.05) is 21.0 Å². The predicted octanol–water partition coefficient (Wildman–Crippen LogP) is 1.22. The molecule has 1 aliphatic rings. The summed E-state index contributed by atoms with van der Waals surface area (Å²) >= 11 is 0. The molecule has 0 unspecified atom stereocenters. The molecule has 4 N–H and O–H groups in total. The van der Waals surface area contributed by atoms with Crippen LogP contribution in [-0.2, 0) is 42.7 Å². The van der Waals surface area contributed by atoms with Crippen LogP contribution in [0.4, 0.5) is 21.9 Å². The first-order valence-corrected chi connectivity index (χ1v) is 13.8. The van der Waals surface area contributed by atoms with Crippen molar-refractivity contribution in [1.29, 1.82) is 0 Å². The minimum atomic E-state index is -4.40. The van der Waals surface area contributed by atoms with Gasteiger partial charge in [-0.3, -0.25) is 14.8 Å². The van der Waals surface area contributed by atoms with Crippen LogP contribution in [0.25, 0.3) is 0 Å². The number of aromatic nitrogens is 1. The second-order valence-electron chi connectivity index (χ2n) is 7.82. The van der Waals surface area contributed by atoms with Gasteiger partial charge in [0.2, 0.25) is 10.0 Å². The highest BCUT2D eigenvalue weighted by atomic mass is 32.2. The summed E-state index contributed by atoms with van der Waals surface area (Å²) in [6.45, 7) is 0.182. The van der Waals surface area contributed by atoms with Crippen molar-refractivity contribution < 1.29 is 36.0 Å². The van der Waals surface area contributed by atoms with Gasteiger partial charge in [-0.2, -0.15) is 8.42 Å². The lowest BCUT2D eigenvalue weighted by molar-refractivity contribution is 0.155. The highest BCUT2D eigenvalue weighted by Gasteiger charge is 2.29. The second kappa shape index (κ2) is 10.1. The molecule has 188 valence electrons. The van der Waals surface area contributed by atoms with Crippen LogP contribution in [0.5, 0.6) is 0 Å². The molecule has 0 fully saturated rings. The number of amides is 1. The van der Waals surface area contributed by atoms with E-state index in [1.165, 1.54) is 12.1 Å². The molecule has 1 aromatic heterocycles. The van der Waals surface area contributed by atoms with E-state index in [0.29, 0.717) is 11.0 Å². The summed E-state index contributed by atoms with van der Waals surface area (Å²) in [4.78, 5) is 16.0. The summed E-state index contributed by atoms with van der Waals surface area (Å²) < 4.78 is 64.5. The molecule has 0 spiro atoms. The van der Waals surface area contributed by atoms with Crippen molar-refractivity contribution in [2.24, 2.45) is 0 Å². The van der Waals surface area contributed by atoms with Gasteiger partial charge in [-0.05, 0) is 34.8 Å². The fourth-order valence-electron chi connectivity index (χ4n) is 3.37. The molecule has 3 aromatic rings. The molecule has 0 atom stereocenters. The van der Waals surface area contributed by atoms with E-state index in [1.54, 1.807) is 30.3 Å². The number of nitrogens with zero attached hydrogens (tertiary/aromatic N) is 1. The highest BCUT2D eigenvalue weighted by Crippen LogP contribution is 2.26. The van der Waals surface area contributed by atoms with Gasteiger partial charge in [0.05, 0.1) is 30.4 Å². The Hall–Kier alpha value is -3.66. The van der Waals surface area contributed by atoms with Gasteiger partial charge < -0.3 is 14.4 Å². The fraction of sp³-hybridized carbons (Fsp3) is 0.143. The maximum absolute atomic E-state index is 13.1. The Balaban J connectivity index is 1.56. The van der Waals surface area contributed by atoms with E-state index in [9.17, 15) is 26.7 Å². The minimum Gasteiger partial charge on any atom is -0.444 e. The third-order valence-electron chi connectivity index (χ3n) is 4.92. The number of ether oxygens (including phenoxy) is 1. The topological polar surface area (TPSA) is 173 Å². The van der Waals surface area contributed by atoms with Crippen LogP contribution in [0.2, 0.25) is 0 Å². The molecule has 1 amide bonds. The predicted molar refractivity (Wildman–Crippen MR) is 133 cm³/mol. The molecule has 2 aromatic carbocycles. The molecule has 0 saturated heterocycles. The lowest BCUT2D eigenvalue weighted by atomic mass is 9.79. The summed E-state index contributed by atoms with van der Waals surface area (Å²) in [5.41, 5.74) is 1.58. The molecule has 0 saturated carbocycles. The minimum absolute atomic E-state index is 0.00374. The molecule has 12 nitrogen and oxygen atoms in total. The van der Waals surface area contributed by atoms with Crippen LogP contribution in [-0.4, -0.2) is 46.3 Å². The first-order chi connectivity index (χ1) is 17.0. The molecule has 0 aliphatic carbocycles. The average molecular weight is 532 g/mol.